The van der Waals surface area contributed by atoms with Crippen molar-refractivity contribution >= 4 is 17.4 Å². The highest BCUT2D eigenvalue weighted by Crippen LogP contribution is 2.39. The maximum Gasteiger partial charge on any atom is 0.284 e. The third-order valence-corrected chi connectivity index (χ3v) is 4.15. The van der Waals surface area contributed by atoms with Crippen LogP contribution in [0.25, 0.3) is 0 Å². The van der Waals surface area contributed by atoms with Crippen LogP contribution in [-0.4, -0.2) is 4.92 Å². The quantitative estimate of drug-likeness (QED) is 0.475. The Morgan fingerprint density at radius 1 is 1.29 bits per heavy atom. The van der Waals surface area contributed by atoms with Crippen LogP contribution in [0.3, 0.4) is 0 Å². The molecule has 0 fully saturated rings. The van der Waals surface area contributed by atoms with E-state index < -0.39 is 4.92 Å². The van der Waals surface area contributed by atoms with E-state index in [-0.39, 0.29) is 22.3 Å². The average molecular weight is 302 g/mol. The summed E-state index contributed by atoms with van der Waals surface area (Å²) in [4.78, 5) is 11.1. The molecule has 0 aliphatic carbocycles. The molecule has 21 heavy (non-hydrogen) atoms. The van der Waals surface area contributed by atoms with Crippen molar-refractivity contribution in [2.45, 2.75) is 17.1 Å². The predicted molar refractivity (Wildman–Crippen MR) is 78.5 cm³/mol. The van der Waals surface area contributed by atoms with Crippen molar-refractivity contribution in [3.05, 3.63) is 69.5 Å². The second-order valence-electron chi connectivity index (χ2n) is 4.36. The van der Waals surface area contributed by atoms with Gasteiger partial charge in [0.25, 0.3) is 5.69 Å². The van der Waals surface area contributed by atoms with E-state index in [1.807, 2.05) is 13.0 Å². The minimum atomic E-state index is -0.499. The number of rotatable bonds is 4. The third-order valence-electron chi connectivity index (χ3n) is 2.93. The SMILES string of the molecule is CC(Sc1ccc(C#N)cc1[N+](=O)[O-])c1ccc(F)cc1. The van der Waals surface area contributed by atoms with Crippen molar-refractivity contribution in [1.29, 1.82) is 5.26 Å². The van der Waals surface area contributed by atoms with Gasteiger partial charge in [0.1, 0.15) is 5.82 Å². The molecule has 0 aromatic heterocycles. The number of benzene rings is 2. The van der Waals surface area contributed by atoms with Crippen molar-refractivity contribution in [3.63, 3.8) is 0 Å². The van der Waals surface area contributed by atoms with Crippen LogP contribution in [0.4, 0.5) is 10.1 Å². The first-order chi connectivity index (χ1) is 10.0. The Bertz CT molecular complexity index is 711. The number of hydrogen-bond acceptors (Lipinski definition) is 4. The van der Waals surface area contributed by atoms with E-state index >= 15 is 0 Å². The van der Waals surface area contributed by atoms with E-state index in [4.69, 9.17) is 5.26 Å². The highest BCUT2D eigenvalue weighted by Gasteiger charge is 2.18. The van der Waals surface area contributed by atoms with Gasteiger partial charge >= 0.3 is 0 Å². The van der Waals surface area contributed by atoms with Gasteiger partial charge in [-0.15, -0.1) is 11.8 Å². The summed E-state index contributed by atoms with van der Waals surface area (Å²) in [6, 6.07) is 12.3. The number of nitro groups is 1. The molecule has 1 atom stereocenters. The zero-order valence-electron chi connectivity index (χ0n) is 11.1. The topological polar surface area (TPSA) is 66.9 Å². The van der Waals surface area contributed by atoms with E-state index in [1.165, 1.54) is 30.0 Å². The predicted octanol–water partition coefficient (Wildman–Crippen LogP) is 4.46. The van der Waals surface area contributed by atoms with Gasteiger partial charge in [0.05, 0.1) is 21.5 Å². The molecule has 6 heteroatoms. The fourth-order valence-electron chi connectivity index (χ4n) is 1.82. The van der Waals surface area contributed by atoms with Crippen LogP contribution in [0.5, 0.6) is 0 Å². The highest BCUT2D eigenvalue weighted by molar-refractivity contribution is 7.99. The summed E-state index contributed by atoms with van der Waals surface area (Å²) in [5.41, 5.74) is 1.04. The van der Waals surface area contributed by atoms with Gasteiger partial charge in [-0.2, -0.15) is 5.26 Å². The Balaban J connectivity index is 2.28. The molecule has 106 valence electrons. The summed E-state index contributed by atoms with van der Waals surface area (Å²) in [7, 11) is 0. The fraction of sp³-hybridized carbons (Fsp3) is 0.133. The molecule has 2 aromatic rings. The molecular formula is C15H11FN2O2S. The number of nitro benzene ring substituents is 1. The van der Waals surface area contributed by atoms with Gasteiger partial charge in [0.15, 0.2) is 0 Å². The summed E-state index contributed by atoms with van der Waals surface area (Å²) in [6.45, 7) is 1.89. The van der Waals surface area contributed by atoms with Gasteiger partial charge in [-0.3, -0.25) is 10.1 Å². The maximum atomic E-state index is 12.9. The van der Waals surface area contributed by atoms with Crippen LogP contribution >= 0.6 is 11.8 Å². The zero-order chi connectivity index (χ0) is 15.4. The Hall–Kier alpha value is -2.39. The maximum absolute atomic E-state index is 12.9. The second-order valence-corrected chi connectivity index (χ2v) is 5.75. The van der Waals surface area contributed by atoms with Crippen LogP contribution in [0.1, 0.15) is 23.3 Å². The molecule has 0 spiro atoms. The lowest BCUT2D eigenvalue weighted by atomic mass is 10.2. The molecule has 2 aromatic carbocycles. The lowest BCUT2D eigenvalue weighted by molar-refractivity contribution is -0.387. The molecule has 2 rings (SSSR count). The molecule has 0 saturated heterocycles. The molecule has 4 nitrogen and oxygen atoms in total. The van der Waals surface area contributed by atoms with Gasteiger partial charge in [-0.25, -0.2) is 4.39 Å². The summed E-state index contributed by atoms with van der Waals surface area (Å²) in [5, 5.41) is 19.8. The molecule has 1 unspecified atom stereocenters. The van der Waals surface area contributed by atoms with E-state index in [9.17, 15) is 14.5 Å². The smallest absolute Gasteiger partial charge is 0.258 e. The number of hydrogen-bond donors (Lipinski definition) is 0. The molecule has 0 radical (unpaired) electrons. The summed E-state index contributed by atoms with van der Waals surface area (Å²) in [6.07, 6.45) is 0. The monoisotopic (exact) mass is 302 g/mol. The first kappa shape index (κ1) is 15.0. The highest BCUT2D eigenvalue weighted by atomic mass is 32.2. The minimum Gasteiger partial charge on any atom is -0.258 e. The van der Waals surface area contributed by atoms with Crippen LogP contribution < -0.4 is 0 Å². The van der Waals surface area contributed by atoms with Crippen molar-refractivity contribution in [2.24, 2.45) is 0 Å². The Morgan fingerprint density at radius 3 is 2.52 bits per heavy atom. The molecule has 0 bridgehead atoms. The second kappa shape index (κ2) is 6.37. The largest absolute Gasteiger partial charge is 0.284 e. The third kappa shape index (κ3) is 3.58. The van der Waals surface area contributed by atoms with Crippen molar-refractivity contribution in [1.82, 2.24) is 0 Å². The lowest BCUT2D eigenvalue weighted by Crippen LogP contribution is -1.94. The number of halogens is 1. The average Bonchev–Trinajstić information content (AvgIpc) is 2.48. The molecule has 0 saturated carbocycles. The van der Waals surface area contributed by atoms with E-state index in [0.717, 1.165) is 5.56 Å². The van der Waals surface area contributed by atoms with Gasteiger partial charge in [0.2, 0.25) is 0 Å². The minimum absolute atomic E-state index is 0.0720. The van der Waals surface area contributed by atoms with E-state index in [0.29, 0.717) is 4.90 Å². The Kier molecular flexibility index (Phi) is 4.55. The van der Waals surface area contributed by atoms with Crippen LogP contribution in [0, 0.1) is 27.3 Å². The summed E-state index contributed by atoms with van der Waals surface area (Å²) in [5.74, 6) is -0.319. The normalized spacial score (nSPS) is 11.7. The van der Waals surface area contributed by atoms with Crippen molar-refractivity contribution in [2.75, 3.05) is 0 Å². The lowest BCUT2D eigenvalue weighted by Gasteiger charge is -2.12. The fourth-order valence-corrected chi connectivity index (χ4v) is 2.90. The number of thioether (sulfide) groups is 1. The van der Waals surface area contributed by atoms with Crippen LogP contribution in [0.2, 0.25) is 0 Å². The first-order valence-corrected chi connectivity index (χ1v) is 7.00. The van der Waals surface area contributed by atoms with Gasteiger partial charge in [0, 0.05) is 11.3 Å². The van der Waals surface area contributed by atoms with Gasteiger partial charge < -0.3 is 0 Å². The standard InChI is InChI=1S/C15H11FN2O2S/c1-10(12-3-5-13(16)6-4-12)21-15-7-2-11(9-17)8-14(15)18(19)20/h2-8,10H,1H3. The van der Waals surface area contributed by atoms with Crippen LogP contribution in [0.15, 0.2) is 47.4 Å². The van der Waals surface area contributed by atoms with Gasteiger partial charge in [-0.05, 0) is 36.8 Å². The van der Waals surface area contributed by atoms with E-state index in [1.54, 1.807) is 24.3 Å². The van der Waals surface area contributed by atoms with Crippen molar-refractivity contribution < 1.29 is 9.31 Å². The summed E-state index contributed by atoms with van der Waals surface area (Å²) >= 11 is 1.30. The number of nitriles is 1. The van der Waals surface area contributed by atoms with Crippen LogP contribution in [-0.2, 0) is 0 Å². The summed E-state index contributed by atoms with van der Waals surface area (Å²) < 4.78 is 12.9. The zero-order valence-corrected chi connectivity index (χ0v) is 11.9. The first-order valence-electron chi connectivity index (χ1n) is 6.12. The number of nitrogens with zero attached hydrogens (tertiary/aromatic N) is 2. The van der Waals surface area contributed by atoms with E-state index in [2.05, 4.69) is 0 Å². The Morgan fingerprint density at radius 2 is 1.95 bits per heavy atom. The molecule has 0 aliphatic rings. The molecule has 0 N–H and O–H groups in total. The molecular weight excluding hydrogens is 291 g/mol. The molecule has 0 aliphatic heterocycles. The molecule has 0 amide bonds. The van der Waals surface area contributed by atoms with Crippen molar-refractivity contribution in [3.8, 4) is 6.07 Å². The molecule has 0 heterocycles. The van der Waals surface area contributed by atoms with Gasteiger partial charge in [-0.1, -0.05) is 12.1 Å². The Labute approximate surface area is 125 Å².